The van der Waals surface area contributed by atoms with Crippen molar-refractivity contribution in [2.45, 2.75) is 13.1 Å². The van der Waals surface area contributed by atoms with Gasteiger partial charge in [-0.05, 0) is 17.2 Å². The highest BCUT2D eigenvalue weighted by atomic mass is 16.2. The van der Waals surface area contributed by atoms with Crippen molar-refractivity contribution in [1.82, 2.24) is 10.6 Å². The molecule has 0 fully saturated rings. The zero-order valence-electron chi connectivity index (χ0n) is 11.9. The van der Waals surface area contributed by atoms with Crippen LogP contribution in [0.4, 0.5) is 10.5 Å². The highest BCUT2D eigenvalue weighted by molar-refractivity contribution is 5.92. The van der Waals surface area contributed by atoms with Gasteiger partial charge in [-0.2, -0.15) is 0 Å². The Morgan fingerprint density at radius 1 is 1.10 bits per heavy atom. The van der Waals surface area contributed by atoms with Crippen molar-refractivity contribution in [2.75, 3.05) is 18.0 Å². The first kappa shape index (κ1) is 13.6. The molecule has 1 aliphatic heterocycles. The highest BCUT2D eigenvalue weighted by Gasteiger charge is 2.20. The predicted octanol–water partition coefficient (Wildman–Crippen LogP) is 2.51. The maximum atomic E-state index is 12.5. The molecule has 0 saturated carbocycles. The van der Waals surface area contributed by atoms with Gasteiger partial charge in [0.1, 0.15) is 0 Å². The van der Waals surface area contributed by atoms with Gasteiger partial charge in [-0.15, -0.1) is 0 Å². The average Bonchev–Trinajstić information content (AvgIpc) is 2.76. The largest absolute Gasteiger partial charge is 0.334 e. The monoisotopic (exact) mass is 281 g/mol. The van der Waals surface area contributed by atoms with Crippen molar-refractivity contribution in [2.24, 2.45) is 0 Å². The summed E-state index contributed by atoms with van der Waals surface area (Å²) in [6.07, 6.45) is 0. The van der Waals surface area contributed by atoms with Crippen LogP contribution in [-0.2, 0) is 13.1 Å². The molecular weight excluding hydrogens is 262 g/mol. The average molecular weight is 281 g/mol. The molecule has 0 atom stereocenters. The standard InChI is InChI=1S/C17H19N3O/c21-17(19-12-14-6-2-1-3-7-14)20-11-10-18-13-15-8-4-5-9-16(15)20/h1-9,18H,10-13H2,(H,19,21). The fraction of sp³-hybridized carbons (Fsp3) is 0.235. The Kier molecular flexibility index (Phi) is 4.17. The summed E-state index contributed by atoms with van der Waals surface area (Å²) >= 11 is 0. The Bertz CT molecular complexity index is 612. The Labute approximate surface area is 124 Å². The van der Waals surface area contributed by atoms with E-state index in [0.29, 0.717) is 13.1 Å². The Balaban J connectivity index is 1.72. The predicted molar refractivity (Wildman–Crippen MR) is 84.2 cm³/mol. The number of carbonyl (C=O) groups excluding carboxylic acids is 1. The van der Waals surface area contributed by atoms with Gasteiger partial charge in [-0.25, -0.2) is 4.79 Å². The van der Waals surface area contributed by atoms with Gasteiger partial charge in [0.15, 0.2) is 0 Å². The number of nitrogens with zero attached hydrogens (tertiary/aromatic N) is 1. The summed E-state index contributed by atoms with van der Waals surface area (Å²) in [7, 11) is 0. The third-order valence-electron chi connectivity index (χ3n) is 3.64. The summed E-state index contributed by atoms with van der Waals surface area (Å²) in [6.45, 7) is 2.83. The summed E-state index contributed by atoms with van der Waals surface area (Å²) in [6, 6.07) is 18.0. The van der Waals surface area contributed by atoms with Crippen LogP contribution in [0.15, 0.2) is 54.6 Å². The van der Waals surface area contributed by atoms with E-state index in [1.54, 1.807) is 0 Å². The first-order valence-corrected chi connectivity index (χ1v) is 7.22. The van der Waals surface area contributed by atoms with Crippen LogP contribution in [0.25, 0.3) is 0 Å². The van der Waals surface area contributed by atoms with Gasteiger partial charge in [0, 0.05) is 31.9 Å². The minimum atomic E-state index is -0.0463. The van der Waals surface area contributed by atoms with Crippen molar-refractivity contribution in [3.63, 3.8) is 0 Å². The number of rotatable bonds is 2. The number of urea groups is 1. The van der Waals surface area contributed by atoms with E-state index in [1.807, 2.05) is 53.4 Å². The molecular formula is C17H19N3O. The molecule has 3 rings (SSSR count). The maximum Gasteiger partial charge on any atom is 0.322 e. The van der Waals surface area contributed by atoms with Gasteiger partial charge >= 0.3 is 6.03 Å². The number of nitrogens with one attached hydrogen (secondary N) is 2. The first-order chi connectivity index (χ1) is 10.3. The summed E-state index contributed by atoms with van der Waals surface area (Å²) in [5.74, 6) is 0. The highest BCUT2D eigenvalue weighted by Crippen LogP contribution is 2.22. The third-order valence-corrected chi connectivity index (χ3v) is 3.64. The number of amides is 2. The van der Waals surface area contributed by atoms with Crippen molar-refractivity contribution >= 4 is 11.7 Å². The molecule has 4 nitrogen and oxygen atoms in total. The van der Waals surface area contributed by atoms with Crippen LogP contribution in [0.3, 0.4) is 0 Å². The second kappa shape index (κ2) is 6.41. The molecule has 2 amide bonds. The third kappa shape index (κ3) is 3.23. The number of para-hydroxylation sites is 1. The van der Waals surface area contributed by atoms with E-state index in [1.165, 1.54) is 0 Å². The smallest absolute Gasteiger partial charge is 0.322 e. The molecule has 2 aromatic rings. The summed E-state index contributed by atoms with van der Waals surface area (Å²) in [5, 5.41) is 6.34. The number of carbonyl (C=O) groups is 1. The topological polar surface area (TPSA) is 44.4 Å². The van der Waals surface area contributed by atoms with Crippen LogP contribution in [-0.4, -0.2) is 19.1 Å². The molecule has 0 bridgehead atoms. The Morgan fingerprint density at radius 2 is 1.86 bits per heavy atom. The lowest BCUT2D eigenvalue weighted by atomic mass is 10.1. The molecule has 0 aliphatic carbocycles. The molecule has 2 aromatic carbocycles. The summed E-state index contributed by atoms with van der Waals surface area (Å²) < 4.78 is 0. The van der Waals surface area contributed by atoms with E-state index < -0.39 is 0 Å². The van der Waals surface area contributed by atoms with E-state index in [9.17, 15) is 4.79 Å². The molecule has 2 N–H and O–H groups in total. The first-order valence-electron chi connectivity index (χ1n) is 7.22. The molecule has 0 spiro atoms. The van der Waals surface area contributed by atoms with Crippen LogP contribution in [0.2, 0.25) is 0 Å². The van der Waals surface area contributed by atoms with Gasteiger partial charge in [-0.3, -0.25) is 4.90 Å². The molecule has 1 heterocycles. The van der Waals surface area contributed by atoms with Crippen molar-refractivity contribution in [1.29, 1.82) is 0 Å². The molecule has 108 valence electrons. The minimum absolute atomic E-state index is 0.0463. The number of hydrogen-bond acceptors (Lipinski definition) is 2. The van der Waals surface area contributed by atoms with E-state index in [4.69, 9.17) is 0 Å². The molecule has 1 aliphatic rings. The SMILES string of the molecule is O=C(NCc1ccccc1)N1CCNCc2ccccc21. The van der Waals surface area contributed by atoms with Gasteiger partial charge in [0.25, 0.3) is 0 Å². The molecule has 0 unspecified atom stereocenters. The molecule has 0 saturated heterocycles. The number of hydrogen-bond donors (Lipinski definition) is 2. The molecule has 4 heteroatoms. The second-order valence-corrected chi connectivity index (χ2v) is 5.10. The van der Waals surface area contributed by atoms with E-state index in [-0.39, 0.29) is 6.03 Å². The quantitative estimate of drug-likeness (QED) is 0.888. The zero-order valence-corrected chi connectivity index (χ0v) is 11.9. The number of anilines is 1. The normalized spacial score (nSPS) is 14.2. The molecule has 21 heavy (non-hydrogen) atoms. The zero-order chi connectivity index (χ0) is 14.5. The molecule has 0 radical (unpaired) electrons. The fourth-order valence-electron chi connectivity index (χ4n) is 2.54. The fourth-order valence-corrected chi connectivity index (χ4v) is 2.54. The number of fused-ring (bicyclic) bond motifs is 1. The maximum absolute atomic E-state index is 12.5. The van der Waals surface area contributed by atoms with Crippen LogP contribution < -0.4 is 15.5 Å². The lowest BCUT2D eigenvalue weighted by Gasteiger charge is -2.23. The van der Waals surface area contributed by atoms with Crippen molar-refractivity contribution < 1.29 is 4.79 Å². The van der Waals surface area contributed by atoms with Crippen LogP contribution in [0.1, 0.15) is 11.1 Å². The van der Waals surface area contributed by atoms with Gasteiger partial charge in [0.05, 0.1) is 0 Å². The van der Waals surface area contributed by atoms with Crippen molar-refractivity contribution in [3.05, 3.63) is 65.7 Å². The lowest BCUT2D eigenvalue weighted by Crippen LogP contribution is -2.41. The van der Waals surface area contributed by atoms with Crippen molar-refractivity contribution in [3.8, 4) is 0 Å². The van der Waals surface area contributed by atoms with E-state index in [0.717, 1.165) is 29.9 Å². The lowest BCUT2D eigenvalue weighted by molar-refractivity contribution is 0.246. The number of benzene rings is 2. The van der Waals surface area contributed by atoms with Gasteiger partial charge in [0.2, 0.25) is 0 Å². The van der Waals surface area contributed by atoms with Gasteiger partial charge < -0.3 is 10.6 Å². The van der Waals surface area contributed by atoms with Crippen LogP contribution >= 0.6 is 0 Å². The molecule has 0 aromatic heterocycles. The van der Waals surface area contributed by atoms with Crippen LogP contribution in [0.5, 0.6) is 0 Å². The summed E-state index contributed by atoms with van der Waals surface area (Å²) in [5.41, 5.74) is 3.25. The summed E-state index contributed by atoms with van der Waals surface area (Å²) in [4.78, 5) is 14.3. The van der Waals surface area contributed by atoms with E-state index >= 15 is 0 Å². The second-order valence-electron chi connectivity index (χ2n) is 5.10. The minimum Gasteiger partial charge on any atom is -0.334 e. The van der Waals surface area contributed by atoms with Gasteiger partial charge in [-0.1, -0.05) is 48.5 Å². The van der Waals surface area contributed by atoms with E-state index in [2.05, 4.69) is 16.7 Å². The van der Waals surface area contributed by atoms with Crippen LogP contribution in [0, 0.1) is 0 Å². The Morgan fingerprint density at radius 3 is 2.71 bits per heavy atom. The Hall–Kier alpha value is -2.33.